The molecule has 0 amide bonds. The Bertz CT molecular complexity index is 632. The van der Waals surface area contributed by atoms with Gasteiger partial charge < -0.3 is 15.2 Å². The van der Waals surface area contributed by atoms with E-state index < -0.39 is 0 Å². The Balaban J connectivity index is 2.23. The van der Waals surface area contributed by atoms with Crippen molar-refractivity contribution in [1.82, 2.24) is 0 Å². The zero-order valence-electron chi connectivity index (χ0n) is 12.7. The molecule has 2 N–H and O–H groups in total. The van der Waals surface area contributed by atoms with Gasteiger partial charge in [0.25, 0.3) is 0 Å². The van der Waals surface area contributed by atoms with Crippen LogP contribution in [0.15, 0.2) is 34.8 Å². The maximum absolute atomic E-state index is 10.1. The van der Waals surface area contributed by atoms with Gasteiger partial charge in [-0.25, -0.2) is 0 Å². The van der Waals surface area contributed by atoms with Gasteiger partial charge in [-0.15, -0.1) is 0 Å². The predicted molar refractivity (Wildman–Crippen MR) is 90.3 cm³/mol. The Hall–Kier alpha value is -1.68. The van der Waals surface area contributed by atoms with E-state index in [0.717, 1.165) is 15.7 Å². The van der Waals surface area contributed by atoms with Crippen LogP contribution in [0.4, 0.5) is 5.69 Å². The van der Waals surface area contributed by atoms with E-state index in [1.165, 1.54) is 11.1 Å². The van der Waals surface area contributed by atoms with Crippen molar-refractivity contribution in [2.45, 2.75) is 26.8 Å². The summed E-state index contributed by atoms with van der Waals surface area (Å²) in [5.41, 5.74) is 4.25. The first-order valence-corrected chi connectivity index (χ1v) is 7.62. The minimum atomic E-state index is -0.00381. The molecule has 2 aromatic carbocycles. The van der Waals surface area contributed by atoms with E-state index in [2.05, 4.69) is 47.2 Å². The van der Waals surface area contributed by atoms with E-state index in [1.54, 1.807) is 13.2 Å². The highest BCUT2D eigenvalue weighted by atomic mass is 79.9. The summed E-state index contributed by atoms with van der Waals surface area (Å²) >= 11 is 3.57. The third-order valence-electron chi connectivity index (χ3n) is 3.52. The number of phenols is 1. The zero-order valence-corrected chi connectivity index (χ0v) is 14.3. The van der Waals surface area contributed by atoms with Crippen molar-refractivity contribution in [1.29, 1.82) is 0 Å². The maximum Gasteiger partial charge on any atom is 0.124 e. The van der Waals surface area contributed by atoms with Gasteiger partial charge in [0.15, 0.2) is 0 Å². The summed E-state index contributed by atoms with van der Waals surface area (Å²) in [7, 11) is 1.59. The molecule has 0 saturated carbocycles. The van der Waals surface area contributed by atoms with E-state index in [4.69, 9.17) is 4.74 Å². The van der Waals surface area contributed by atoms with Gasteiger partial charge in [0, 0.05) is 21.8 Å². The first-order valence-electron chi connectivity index (χ1n) is 6.82. The topological polar surface area (TPSA) is 41.5 Å². The van der Waals surface area contributed by atoms with Gasteiger partial charge >= 0.3 is 0 Å². The second kappa shape index (κ2) is 6.39. The van der Waals surface area contributed by atoms with Crippen LogP contribution in [-0.4, -0.2) is 12.2 Å². The molecule has 0 fully saturated rings. The van der Waals surface area contributed by atoms with Crippen molar-refractivity contribution in [2.75, 3.05) is 12.4 Å². The van der Waals surface area contributed by atoms with Crippen molar-refractivity contribution in [3.63, 3.8) is 0 Å². The summed E-state index contributed by atoms with van der Waals surface area (Å²) in [6.07, 6.45) is 0. The molecule has 0 aliphatic heterocycles. The molecule has 0 aliphatic carbocycles. The predicted octanol–water partition coefficient (Wildman–Crippen LogP) is 4.95. The number of hydrogen-bond acceptors (Lipinski definition) is 3. The van der Waals surface area contributed by atoms with Gasteiger partial charge in [-0.05, 0) is 56.2 Å². The lowest BCUT2D eigenvalue weighted by atomic mass is 10.1. The van der Waals surface area contributed by atoms with Crippen LogP contribution in [0, 0.1) is 13.8 Å². The molecular formula is C17H20BrNO2. The summed E-state index contributed by atoms with van der Waals surface area (Å²) in [5, 5.41) is 13.5. The number of ether oxygens (including phenoxy) is 1. The van der Waals surface area contributed by atoms with E-state index in [-0.39, 0.29) is 11.8 Å². The standard InChI is InChI=1S/C17H20BrNO2/c1-10-7-13(8-11(2)17(10)18)19-12(3)15-6-5-14(21-4)9-16(15)20/h5-9,12,19-20H,1-4H3. The number of benzene rings is 2. The molecule has 2 aromatic rings. The summed E-state index contributed by atoms with van der Waals surface area (Å²) in [4.78, 5) is 0. The highest BCUT2D eigenvalue weighted by Crippen LogP contribution is 2.32. The molecule has 112 valence electrons. The number of phenolic OH excluding ortho intramolecular Hbond substituents is 1. The Morgan fingerprint density at radius 3 is 2.29 bits per heavy atom. The van der Waals surface area contributed by atoms with Crippen LogP contribution in [-0.2, 0) is 0 Å². The van der Waals surface area contributed by atoms with Gasteiger partial charge in [-0.2, -0.15) is 0 Å². The van der Waals surface area contributed by atoms with E-state index in [1.807, 2.05) is 19.1 Å². The number of halogens is 1. The fourth-order valence-corrected chi connectivity index (χ4v) is 2.60. The molecular weight excluding hydrogens is 330 g/mol. The molecule has 1 unspecified atom stereocenters. The minimum Gasteiger partial charge on any atom is -0.507 e. The molecule has 4 heteroatoms. The van der Waals surface area contributed by atoms with Crippen LogP contribution in [0.3, 0.4) is 0 Å². The highest BCUT2D eigenvalue weighted by Gasteiger charge is 2.12. The Kier molecular flexibility index (Phi) is 4.78. The van der Waals surface area contributed by atoms with Crippen LogP contribution in [0.1, 0.15) is 29.7 Å². The second-order valence-electron chi connectivity index (χ2n) is 5.21. The van der Waals surface area contributed by atoms with Crippen molar-refractivity contribution < 1.29 is 9.84 Å². The average Bonchev–Trinajstić information content (AvgIpc) is 2.44. The molecule has 0 aliphatic rings. The molecule has 0 heterocycles. The highest BCUT2D eigenvalue weighted by molar-refractivity contribution is 9.10. The molecule has 0 aromatic heterocycles. The Morgan fingerprint density at radius 1 is 1.14 bits per heavy atom. The Labute approximate surface area is 134 Å². The van der Waals surface area contributed by atoms with E-state index in [0.29, 0.717) is 5.75 Å². The summed E-state index contributed by atoms with van der Waals surface area (Å²) in [6, 6.07) is 9.54. The van der Waals surface area contributed by atoms with E-state index in [9.17, 15) is 5.11 Å². The number of nitrogens with one attached hydrogen (secondary N) is 1. The normalized spacial score (nSPS) is 12.0. The van der Waals surface area contributed by atoms with Crippen molar-refractivity contribution in [3.05, 3.63) is 51.5 Å². The largest absolute Gasteiger partial charge is 0.507 e. The third kappa shape index (κ3) is 3.50. The van der Waals surface area contributed by atoms with Crippen LogP contribution >= 0.6 is 15.9 Å². The van der Waals surface area contributed by atoms with Crippen molar-refractivity contribution in [3.8, 4) is 11.5 Å². The fraction of sp³-hybridized carbons (Fsp3) is 0.294. The molecule has 0 bridgehead atoms. The number of hydrogen-bond donors (Lipinski definition) is 2. The van der Waals surface area contributed by atoms with Gasteiger partial charge in [-0.1, -0.05) is 15.9 Å². The van der Waals surface area contributed by atoms with Gasteiger partial charge in [-0.3, -0.25) is 0 Å². The Morgan fingerprint density at radius 2 is 1.76 bits per heavy atom. The zero-order chi connectivity index (χ0) is 15.6. The number of rotatable bonds is 4. The van der Waals surface area contributed by atoms with Crippen LogP contribution in [0.2, 0.25) is 0 Å². The van der Waals surface area contributed by atoms with Gasteiger partial charge in [0.1, 0.15) is 11.5 Å². The number of aryl methyl sites for hydroxylation is 2. The van der Waals surface area contributed by atoms with Crippen LogP contribution < -0.4 is 10.1 Å². The first kappa shape index (κ1) is 15.7. The molecule has 0 spiro atoms. The van der Waals surface area contributed by atoms with Crippen LogP contribution in [0.25, 0.3) is 0 Å². The fourth-order valence-electron chi connectivity index (χ4n) is 2.37. The van der Waals surface area contributed by atoms with Crippen molar-refractivity contribution in [2.24, 2.45) is 0 Å². The van der Waals surface area contributed by atoms with E-state index >= 15 is 0 Å². The SMILES string of the molecule is COc1ccc(C(C)Nc2cc(C)c(Br)c(C)c2)c(O)c1. The smallest absolute Gasteiger partial charge is 0.124 e. The lowest BCUT2D eigenvalue weighted by molar-refractivity contribution is 0.406. The summed E-state index contributed by atoms with van der Waals surface area (Å²) in [5.74, 6) is 0.888. The second-order valence-corrected chi connectivity index (χ2v) is 6.01. The molecule has 1 atom stereocenters. The maximum atomic E-state index is 10.1. The summed E-state index contributed by atoms with van der Waals surface area (Å²) in [6.45, 7) is 6.16. The summed E-state index contributed by atoms with van der Waals surface area (Å²) < 4.78 is 6.24. The quantitative estimate of drug-likeness (QED) is 0.820. The molecule has 0 saturated heterocycles. The third-order valence-corrected chi connectivity index (χ3v) is 4.77. The molecule has 2 rings (SSSR count). The number of aromatic hydroxyl groups is 1. The monoisotopic (exact) mass is 349 g/mol. The number of anilines is 1. The van der Waals surface area contributed by atoms with Gasteiger partial charge in [0.05, 0.1) is 13.2 Å². The minimum absolute atomic E-state index is 0.00381. The number of methoxy groups -OCH3 is 1. The molecule has 3 nitrogen and oxygen atoms in total. The first-order chi connectivity index (χ1) is 9.92. The lowest BCUT2D eigenvalue weighted by Gasteiger charge is -2.19. The molecule has 21 heavy (non-hydrogen) atoms. The van der Waals surface area contributed by atoms with Crippen molar-refractivity contribution >= 4 is 21.6 Å². The van der Waals surface area contributed by atoms with Gasteiger partial charge in [0.2, 0.25) is 0 Å². The molecule has 0 radical (unpaired) electrons. The lowest BCUT2D eigenvalue weighted by Crippen LogP contribution is -2.07. The van der Waals surface area contributed by atoms with Crippen LogP contribution in [0.5, 0.6) is 11.5 Å². The average molecular weight is 350 g/mol.